The third-order valence-corrected chi connectivity index (χ3v) is 4.55. The summed E-state index contributed by atoms with van der Waals surface area (Å²) in [5, 5.41) is 22.5. The smallest absolute Gasteiger partial charge is 0.182 e. The first-order chi connectivity index (χ1) is 11.9. The first-order valence-corrected chi connectivity index (χ1v) is 8.51. The summed E-state index contributed by atoms with van der Waals surface area (Å²) in [6.45, 7) is 3.62. The van der Waals surface area contributed by atoms with Crippen LogP contribution in [0.1, 0.15) is 31.0 Å². The fraction of sp³-hybridized carbons (Fsp3) is 0.278. The number of hydrogen-bond acceptors (Lipinski definition) is 5. The van der Waals surface area contributed by atoms with Crippen LogP contribution >= 0.6 is 15.9 Å². The second kappa shape index (κ2) is 6.82. The van der Waals surface area contributed by atoms with E-state index in [-0.39, 0.29) is 0 Å². The van der Waals surface area contributed by atoms with Gasteiger partial charge in [-0.2, -0.15) is 5.26 Å². The number of ether oxygens (including phenoxy) is 1. The highest BCUT2D eigenvalue weighted by molar-refractivity contribution is 9.10. The number of nitrogens with one attached hydrogen (secondary N) is 1. The molecule has 7 heteroatoms. The van der Waals surface area contributed by atoms with Crippen LogP contribution in [0.3, 0.4) is 0 Å². The fourth-order valence-corrected chi connectivity index (χ4v) is 3.13. The Morgan fingerprint density at radius 3 is 2.92 bits per heavy atom. The van der Waals surface area contributed by atoms with E-state index >= 15 is 0 Å². The van der Waals surface area contributed by atoms with Gasteiger partial charge in [0.25, 0.3) is 0 Å². The number of rotatable bonds is 2. The van der Waals surface area contributed by atoms with Gasteiger partial charge in [-0.05, 0) is 44.2 Å². The van der Waals surface area contributed by atoms with Crippen molar-refractivity contribution >= 4 is 21.8 Å². The Labute approximate surface area is 154 Å². The molecule has 1 aliphatic heterocycles. The number of nitrogens with zero attached hydrogens (tertiary/aromatic N) is 3. The first-order valence-electron chi connectivity index (χ1n) is 7.72. The van der Waals surface area contributed by atoms with E-state index in [9.17, 15) is 5.11 Å². The number of fused-ring (bicyclic) bond motifs is 1. The number of pyridine rings is 1. The Bertz CT molecular complexity index is 846. The zero-order chi connectivity index (χ0) is 18.0. The molecule has 25 heavy (non-hydrogen) atoms. The Morgan fingerprint density at radius 1 is 1.44 bits per heavy atom. The minimum absolute atomic E-state index is 0.350. The maximum Gasteiger partial charge on any atom is 0.182 e. The van der Waals surface area contributed by atoms with Gasteiger partial charge < -0.3 is 9.84 Å². The second-order valence-electron chi connectivity index (χ2n) is 6.23. The third-order valence-electron chi connectivity index (χ3n) is 4.05. The molecule has 3 rings (SSSR count). The number of benzene rings is 1. The van der Waals surface area contributed by atoms with E-state index in [1.165, 1.54) is 0 Å². The highest BCUT2D eigenvalue weighted by Gasteiger charge is 2.43. The van der Waals surface area contributed by atoms with Crippen LogP contribution in [0.5, 0.6) is 5.75 Å². The van der Waals surface area contributed by atoms with Crippen LogP contribution < -0.4 is 10.1 Å². The minimum atomic E-state index is -0.888. The zero-order valence-corrected chi connectivity index (χ0v) is 15.4. The molecule has 2 atom stereocenters. The highest BCUT2D eigenvalue weighted by Crippen LogP contribution is 2.43. The van der Waals surface area contributed by atoms with E-state index in [1.54, 1.807) is 24.5 Å². The van der Waals surface area contributed by atoms with Crippen molar-refractivity contribution < 1.29 is 9.84 Å². The normalized spacial score (nSPS) is 21.6. The van der Waals surface area contributed by atoms with Gasteiger partial charge in [0.15, 0.2) is 6.19 Å². The van der Waals surface area contributed by atoms with Crippen molar-refractivity contribution in [3.8, 4) is 11.9 Å². The minimum Gasteiger partial charge on any atom is -0.485 e. The van der Waals surface area contributed by atoms with Crippen LogP contribution in [0.4, 0.5) is 0 Å². The molecular weight excluding hydrogens is 384 g/mol. The largest absolute Gasteiger partial charge is 0.485 e. The Kier molecular flexibility index (Phi) is 4.75. The summed E-state index contributed by atoms with van der Waals surface area (Å²) in [6, 6.07) is 8.57. The number of aliphatic hydroxyl groups is 1. The van der Waals surface area contributed by atoms with Gasteiger partial charge in [-0.15, -0.1) is 0 Å². The molecule has 0 amide bonds. The number of hydrogen-bond donors (Lipinski definition) is 2. The fourth-order valence-electron chi connectivity index (χ4n) is 2.75. The molecule has 0 saturated heterocycles. The highest BCUT2D eigenvalue weighted by atomic mass is 79.9. The summed E-state index contributed by atoms with van der Waals surface area (Å²) in [4.78, 5) is 8.71. The summed E-state index contributed by atoms with van der Waals surface area (Å²) < 4.78 is 6.79. The summed E-state index contributed by atoms with van der Waals surface area (Å²) in [5.41, 5.74) is 0.598. The van der Waals surface area contributed by atoms with Gasteiger partial charge in [-0.3, -0.25) is 15.3 Å². The number of aromatic nitrogens is 1. The van der Waals surface area contributed by atoms with Gasteiger partial charge in [0.1, 0.15) is 29.3 Å². The summed E-state index contributed by atoms with van der Waals surface area (Å²) in [7, 11) is 0. The van der Waals surface area contributed by atoms with Crippen LogP contribution in [0.15, 0.2) is 52.2 Å². The van der Waals surface area contributed by atoms with E-state index in [4.69, 9.17) is 10.00 Å². The number of halogens is 1. The molecule has 0 radical (unpaired) electrons. The molecule has 2 unspecified atom stereocenters. The van der Waals surface area contributed by atoms with E-state index < -0.39 is 17.7 Å². The molecule has 2 N–H and O–H groups in total. The van der Waals surface area contributed by atoms with E-state index in [1.807, 2.05) is 38.2 Å². The quantitative estimate of drug-likeness (QED) is 0.350. The molecule has 1 aliphatic rings. The third kappa shape index (κ3) is 3.50. The van der Waals surface area contributed by atoms with Crippen molar-refractivity contribution in [3.05, 3.63) is 58.3 Å². The molecule has 0 fully saturated rings. The molecule has 0 saturated carbocycles. The number of aliphatic imine (C=N–C) groups is 1. The lowest BCUT2D eigenvalue weighted by Gasteiger charge is -2.40. The monoisotopic (exact) mass is 400 g/mol. The molecule has 128 valence electrons. The van der Waals surface area contributed by atoms with Gasteiger partial charge in [-0.25, -0.2) is 0 Å². The second-order valence-corrected chi connectivity index (χ2v) is 7.15. The van der Waals surface area contributed by atoms with Gasteiger partial charge in [0.05, 0.1) is 0 Å². The zero-order valence-electron chi connectivity index (χ0n) is 13.8. The van der Waals surface area contributed by atoms with Gasteiger partial charge >= 0.3 is 0 Å². The SMILES string of the molecule is CC1(C)Oc2ccc(Br)cc2C(N=C(NC#N)c2cccnc2)C1O. The lowest BCUT2D eigenvalue weighted by atomic mass is 9.87. The maximum atomic E-state index is 10.8. The van der Waals surface area contributed by atoms with Crippen LogP contribution in [0, 0.1) is 11.5 Å². The van der Waals surface area contributed by atoms with Crippen LogP contribution in [0.25, 0.3) is 0 Å². The van der Waals surface area contributed by atoms with Crippen LogP contribution in [-0.2, 0) is 0 Å². The predicted octanol–water partition coefficient (Wildman–Crippen LogP) is 2.93. The summed E-state index contributed by atoms with van der Waals surface area (Å²) in [6.07, 6.45) is 4.27. The molecule has 6 nitrogen and oxygen atoms in total. The first kappa shape index (κ1) is 17.4. The number of nitriles is 1. The van der Waals surface area contributed by atoms with Crippen LogP contribution in [0.2, 0.25) is 0 Å². The molecule has 1 aromatic carbocycles. The number of amidine groups is 1. The molecule has 0 spiro atoms. The van der Waals surface area contributed by atoms with E-state index in [2.05, 4.69) is 31.2 Å². The van der Waals surface area contributed by atoms with Crippen molar-refractivity contribution in [3.63, 3.8) is 0 Å². The predicted molar refractivity (Wildman–Crippen MR) is 97.1 cm³/mol. The molecule has 2 aromatic rings. The van der Waals surface area contributed by atoms with Gasteiger partial charge in [0.2, 0.25) is 0 Å². The van der Waals surface area contributed by atoms with E-state index in [0.717, 1.165) is 10.0 Å². The molecule has 2 heterocycles. The van der Waals surface area contributed by atoms with Gasteiger partial charge in [-0.1, -0.05) is 15.9 Å². The molecular formula is C18H17BrN4O2. The van der Waals surface area contributed by atoms with Crippen molar-refractivity contribution in [2.45, 2.75) is 31.6 Å². The molecule has 0 bridgehead atoms. The summed E-state index contributed by atoms with van der Waals surface area (Å²) in [5.74, 6) is 1.01. The maximum absolute atomic E-state index is 10.8. The van der Waals surface area contributed by atoms with Crippen LogP contribution in [-0.4, -0.2) is 27.6 Å². The lowest BCUT2D eigenvalue weighted by Crippen LogP contribution is -2.48. The lowest BCUT2D eigenvalue weighted by molar-refractivity contribution is -0.0567. The standard InChI is InChI=1S/C18H17BrN4O2/c1-18(2)16(24)15(13-8-12(19)5-6-14(13)25-18)23-17(22-10-20)11-4-3-7-21-9-11/h3-9,15-16,24H,1-2H3,(H,22,23). The Balaban J connectivity index is 2.13. The summed E-state index contributed by atoms with van der Waals surface area (Å²) >= 11 is 3.44. The number of aliphatic hydroxyl groups excluding tert-OH is 1. The van der Waals surface area contributed by atoms with Gasteiger partial charge in [0, 0.05) is 28.0 Å². The average Bonchev–Trinajstić information content (AvgIpc) is 2.59. The molecule has 0 aliphatic carbocycles. The van der Waals surface area contributed by atoms with Crippen molar-refractivity contribution in [1.29, 1.82) is 5.26 Å². The molecule has 1 aromatic heterocycles. The topological polar surface area (TPSA) is 90.5 Å². The average molecular weight is 401 g/mol. The Morgan fingerprint density at radius 2 is 2.24 bits per heavy atom. The van der Waals surface area contributed by atoms with Crippen molar-refractivity contribution in [1.82, 2.24) is 10.3 Å². The van der Waals surface area contributed by atoms with Crippen molar-refractivity contribution in [2.75, 3.05) is 0 Å². The van der Waals surface area contributed by atoms with Crippen molar-refractivity contribution in [2.24, 2.45) is 4.99 Å². The van der Waals surface area contributed by atoms with E-state index in [0.29, 0.717) is 17.1 Å². The Hall–Kier alpha value is -2.43.